The average Bonchev–Trinajstić information content (AvgIpc) is 2.38. The second-order valence-corrected chi connectivity index (χ2v) is 7.33. The van der Waals surface area contributed by atoms with Crippen LogP contribution >= 0.6 is 11.8 Å². The van der Waals surface area contributed by atoms with Crippen LogP contribution in [-0.4, -0.2) is 40.9 Å². The minimum absolute atomic E-state index is 0.150. The van der Waals surface area contributed by atoms with Crippen molar-refractivity contribution in [2.24, 2.45) is 5.73 Å². The van der Waals surface area contributed by atoms with Crippen molar-refractivity contribution in [2.75, 3.05) is 25.4 Å². The van der Waals surface area contributed by atoms with Gasteiger partial charge in [-0.3, -0.25) is 4.79 Å². The Morgan fingerprint density at radius 3 is 2.84 bits per heavy atom. The van der Waals surface area contributed by atoms with Crippen molar-refractivity contribution >= 4 is 17.7 Å². The molecule has 4 heteroatoms. The maximum Gasteiger partial charge on any atom is 0.254 e. The molecule has 1 aliphatic rings. The van der Waals surface area contributed by atoms with Gasteiger partial charge in [0.25, 0.3) is 5.91 Å². The van der Waals surface area contributed by atoms with Gasteiger partial charge in [0.05, 0.1) is 0 Å². The third-order valence-corrected chi connectivity index (χ3v) is 4.67. The largest absolute Gasteiger partial charge is 0.336 e. The fourth-order valence-corrected chi connectivity index (χ4v) is 3.57. The van der Waals surface area contributed by atoms with E-state index in [-0.39, 0.29) is 10.7 Å². The lowest BCUT2D eigenvalue weighted by Crippen LogP contribution is -2.46. The number of hydrogen-bond donors (Lipinski definition) is 1. The molecule has 1 fully saturated rings. The maximum absolute atomic E-state index is 12.7. The summed E-state index contributed by atoms with van der Waals surface area (Å²) in [5.41, 5.74) is 7.50. The van der Waals surface area contributed by atoms with Gasteiger partial charge in [-0.05, 0) is 38.4 Å². The summed E-state index contributed by atoms with van der Waals surface area (Å²) in [5, 5.41) is 0. The summed E-state index contributed by atoms with van der Waals surface area (Å²) in [5.74, 6) is 1.16. The van der Waals surface area contributed by atoms with Gasteiger partial charge in [0, 0.05) is 29.2 Å². The Kier molecular flexibility index (Phi) is 4.53. The fraction of sp³-hybridized carbons (Fsp3) is 0.533. The summed E-state index contributed by atoms with van der Waals surface area (Å²) >= 11 is 1.94. The standard InChI is InChI=1S/C15H22N2OS/c1-15(2)11-17(9-10-19-15)14(18)13-6-4-3-5-12(13)7-8-16/h3-6H,7-11,16H2,1-2H3. The highest BCUT2D eigenvalue weighted by Gasteiger charge is 2.30. The van der Waals surface area contributed by atoms with Crippen LogP contribution < -0.4 is 5.73 Å². The lowest BCUT2D eigenvalue weighted by Gasteiger charge is -2.37. The molecule has 1 amide bonds. The van der Waals surface area contributed by atoms with E-state index in [4.69, 9.17) is 5.73 Å². The van der Waals surface area contributed by atoms with Crippen molar-refractivity contribution in [2.45, 2.75) is 25.0 Å². The van der Waals surface area contributed by atoms with Crippen LogP contribution in [0.4, 0.5) is 0 Å². The molecular weight excluding hydrogens is 256 g/mol. The van der Waals surface area contributed by atoms with E-state index in [9.17, 15) is 4.79 Å². The Hall–Kier alpha value is -1.00. The molecule has 2 rings (SSSR count). The molecule has 0 spiro atoms. The molecule has 0 bridgehead atoms. The minimum atomic E-state index is 0.150. The first-order valence-electron chi connectivity index (χ1n) is 6.75. The summed E-state index contributed by atoms with van der Waals surface area (Å²) in [7, 11) is 0. The molecule has 104 valence electrons. The van der Waals surface area contributed by atoms with Gasteiger partial charge < -0.3 is 10.6 Å². The van der Waals surface area contributed by atoms with Gasteiger partial charge in [0.2, 0.25) is 0 Å². The molecule has 0 aliphatic carbocycles. The zero-order chi connectivity index (χ0) is 13.9. The molecule has 1 heterocycles. The zero-order valence-electron chi connectivity index (χ0n) is 11.7. The first kappa shape index (κ1) is 14.4. The molecule has 3 nitrogen and oxygen atoms in total. The molecule has 0 aromatic heterocycles. The average molecular weight is 278 g/mol. The van der Waals surface area contributed by atoms with Crippen molar-refractivity contribution in [1.82, 2.24) is 4.90 Å². The Morgan fingerprint density at radius 2 is 2.16 bits per heavy atom. The number of hydrogen-bond acceptors (Lipinski definition) is 3. The predicted molar refractivity (Wildman–Crippen MR) is 81.6 cm³/mol. The number of thioether (sulfide) groups is 1. The normalized spacial score (nSPS) is 18.4. The van der Waals surface area contributed by atoms with Crippen molar-refractivity contribution in [1.29, 1.82) is 0 Å². The van der Waals surface area contributed by atoms with Crippen LogP contribution in [0.1, 0.15) is 29.8 Å². The number of amides is 1. The van der Waals surface area contributed by atoms with Gasteiger partial charge >= 0.3 is 0 Å². The molecule has 1 saturated heterocycles. The van der Waals surface area contributed by atoms with E-state index in [0.29, 0.717) is 6.54 Å². The molecule has 1 aromatic rings. The third-order valence-electron chi connectivity index (χ3n) is 3.37. The van der Waals surface area contributed by atoms with Gasteiger partial charge in [0.1, 0.15) is 0 Å². The second kappa shape index (κ2) is 5.97. The highest BCUT2D eigenvalue weighted by atomic mass is 32.2. The summed E-state index contributed by atoms with van der Waals surface area (Å²) in [6.07, 6.45) is 0.758. The number of nitrogens with zero attached hydrogens (tertiary/aromatic N) is 1. The smallest absolute Gasteiger partial charge is 0.254 e. The number of rotatable bonds is 3. The zero-order valence-corrected chi connectivity index (χ0v) is 12.5. The summed E-state index contributed by atoms with van der Waals surface area (Å²) in [6, 6.07) is 7.82. The van der Waals surface area contributed by atoms with Crippen molar-refractivity contribution in [3.05, 3.63) is 35.4 Å². The lowest BCUT2D eigenvalue weighted by atomic mass is 10.0. The molecule has 2 N–H and O–H groups in total. The van der Waals surface area contributed by atoms with Gasteiger partial charge in [-0.25, -0.2) is 0 Å². The Morgan fingerprint density at radius 1 is 1.42 bits per heavy atom. The molecule has 0 saturated carbocycles. The topological polar surface area (TPSA) is 46.3 Å². The predicted octanol–water partition coefficient (Wildman–Crippen LogP) is 2.16. The lowest BCUT2D eigenvalue weighted by molar-refractivity contribution is 0.0747. The van der Waals surface area contributed by atoms with Crippen LogP contribution in [0.25, 0.3) is 0 Å². The fourth-order valence-electron chi connectivity index (χ4n) is 2.46. The molecule has 0 radical (unpaired) electrons. The Labute approximate surface area is 119 Å². The van der Waals surface area contributed by atoms with Gasteiger partial charge in [-0.1, -0.05) is 18.2 Å². The monoisotopic (exact) mass is 278 g/mol. The van der Waals surface area contributed by atoms with Gasteiger partial charge in [0.15, 0.2) is 0 Å². The molecule has 1 aliphatic heterocycles. The van der Waals surface area contributed by atoms with Crippen LogP contribution in [0.2, 0.25) is 0 Å². The molecule has 0 atom stereocenters. The molecular formula is C15H22N2OS. The maximum atomic E-state index is 12.7. The Bertz CT molecular complexity index is 459. The van der Waals surface area contributed by atoms with Gasteiger partial charge in [-0.2, -0.15) is 11.8 Å². The van der Waals surface area contributed by atoms with Crippen molar-refractivity contribution < 1.29 is 4.79 Å². The van der Waals surface area contributed by atoms with Crippen LogP contribution in [0.5, 0.6) is 0 Å². The molecule has 19 heavy (non-hydrogen) atoms. The van der Waals surface area contributed by atoms with E-state index in [2.05, 4.69) is 13.8 Å². The first-order valence-corrected chi connectivity index (χ1v) is 7.73. The summed E-state index contributed by atoms with van der Waals surface area (Å²) < 4.78 is 0.150. The number of nitrogens with two attached hydrogens (primary N) is 1. The van der Waals surface area contributed by atoms with Crippen LogP contribution in [-0.2, 0) is 6.42 Å². The van der Waals surface area contributed by atoms with E-state index in [1.807, 2.05) is 40.9 Å². The SMILES string of the molecule is CC1(C)CN(C(=O)c2ccccc2CCN)CCS1. The second-order valence-electron chi connectivity index (χ2n) is 5.53. The van der Waals surface area contributed by atoms with Crippen LogP contribution in [0.3, 0.4) is 0 Å². The highest BCUT2D eigenvalue weighted by molar-refractivity contribution is 8.00. The van der Waals surface area contributed by atoms with E-state index in [1.54, 1.807) is 0 Å². The van der Waals surface area contributed by atoms with Crippen molar-refractivity contribution in [3.8, 4) is 0 Å². The first-order chi connectivity index (χ1) is 9.03. The third kappa shape index (κ3) is 3.51. The number of carbonyl (C=O) groups excluding carboxylic acids is 1. The van der Waals surface area contributed by atoms with E-state index in [1.165, 1.54) is 0 Å². The number of benzene rings is 1. The number of carbonyl (C=O) groups is 1. The molecule has 1 aromatic carbocycles. The van der Waals surface area contributed by atoms with E-state index in [0.717, 1.165) is 36.4 Å². The van der Waals surface area contributed by atoms with E-state index < -0.39 is 0 Å². The quantitative estimate of drug-likeness (QED) is 0.921. The van der Waals surface area contributed by atoms with E-state index >= 15 is 0 Å². The minimum Gasteiger partial charge on any atom is -0.336 e. The van der Waals surface area contributed by atoms with Crippen LogP contribution in [0.15, 0.2) is 24.3 Å². The summed E-state index contributed by atoms with van der Waals surface area (Å²) in [4.78, 5) is 14.6. The van der Waals surface area contributed by atoms with Gasteiger partial charge in [-0.15, -0.1) is 0 Å². The summed E-state index contributed by atoms with van der Waals surface area (Å²) in [6.45, 7) is 6.62. The highest BCUT2D eigenvalue weighted by Crippen LogP contribution is 2.30. The Balaban J connectivity index is 2.19. The van der Waals surface area contributed by atoms with Crippen molar-refractivity contribution in [3.63, 3.8) is 0 Å². The molecule has 0 unspecified atom stereocenters. The van der Waals surface area contributed by atoms with Crippen LogP contribution in [0, 0.1) is 0 Å².